The zero-order valence-corrected chi connectivity index (χ0v) is 28.4. The Morgan fingerprint density at radius 3 is 1.72 bits per heavy atom. The van der Waals surface area contributed by atoms with Crippen LogP contribution in [0.4, 0.5) is 0 Å². The van der Waals surface area contributed by atoms with Crippen molar-refractivity contribution >= 4 is 39.3 Å². The van der Waals surface area contributed by atoms with Crippen molar-refractivity contribution in [1.29, 1.82) is 0 Å². The number of nitrogens with two attached hydrogens (primary N) is 1. The van der Waals surface area contributed by atoms with E-state index in [2.05, 4.69) is 21.7 Å². The number of amides is 1. The molecule has 2 aromatic carbocycles. The van der Waals surface area contributed by atoms with Gasteiger partial charge in [0.2, 0.25) is 0 Å². The minimum Gasteiger partial charge on any atom is -0.875 e. The molecule has 1 amide bonds. The quantitative estimate of drug-likeness (QED) is 0.0924. The van der Waals surface area contributed by atoms with Crippen LogP contribution in [0.1, 0.15) is 58.3 Å². The summed E-state index contributed by atoms with van der Waals surface area (Å²) in [4.78, 5) is 37.8. The maximum atomic E-state index is 12.5. The summed E-state index contributed by atoms with van der Waals surface area (Å²) in [5.74, 6) is -0.646. The van der Waals surface area contributed by atoms with E-state index in [0.717, 1.165) is 41.3 Å². The van der Waals surface area contributed by atoms with E-state index in [-0.39, 0.29) is 45.8 Å². The Hall–Kier alpha value is -3.44. The van der Waals surface area contributed by atoms with Crippen molar-refractivity contribution in [1.82, 2.24) is 15.6 Å². The summed E-state index contributed by atoms with van der Waals surface area (Å²) in [7, 11) is -4.94. The van der Waals surface area contributed by atoms with Crippen LogP contribution < -0.4 is 45.2 Å². The topological polar surface area (TPSA) is 253 Å². The third kappa shape index (κ3) is 19.2. The van der Waals surface area contributed by atoms with E-state index < -0.39 is 10.2 Å². The molecular formula is C31H40ClCoN4O9. The van der Waals surface area contributed by atoms with Crippen LogP contribution in [0.2, 0.25) is 0 Å². The van der Waals surface area contributed by atoms with E-state index in [9.17, 15) is 24.6 Å². The fraction of sp³-hybridized carbons (Fsp3) is 0.355. The molecule has 0 radical (unpaired) electrons. The number of para-hydroxylation sites is 2. The Morgan fingerprint density at radius 1 is 0.761 bits per heavy atom. The van der Waals surface area contributed by atoms with Gasteiger partial charge >= 0.3 is 16.8 Å². The van der Waals surface area contributed by atoms with Gasteiger partial charge in [-0.05, 0) is 70.0 Å². The van der Waals surface area contributed by atoms with Gasteiger partial charge < -0.3 is 26.6 Å². The summed E-state index contributed by atoms with van der Waals surface area (Å²) in [6.07, 6.45) is 0.868. The van der Waals surface area contributed by atoms with Crippen LogP contribution in [0.5, 0.6) is 0 Å². The fourth-order valence-electron chi connectivity index (χ4n) is 3.22. The average molecular weight is 707 g/mol. The molecule has 15 heteroatoms. The first-order valence-corrected chi connectivity index (χ1v) is 14.9. The number of allylic oxidation sites excluding steroid dienone is 4. The number of aromatic nitrogens is 1. The number of benzene rings is 2. The molecular weight excluding hydrogens is 667 g/mol. The van der Waals surface area contributed by atoms with Gasteiger partial charge in [-0.1, -0.05) is 44.2 Å². The first kappa shape index (κ1) is 44.7. The summed E-state index contributed by atoms with van der Waals surface area (Å²) in [5, 5.41) is 28.9. The summed E-state index contributed by atoms with van der Waals surface area (Å²) < 4.78 is 34.0. The maximum absolute atomic E-state index is 12.5. The van der Waals surface area contributed by atoms with Gasteiger partial charge in [0.05, 0.1) is 16.6 Å². The van der Waals surface area contributed by atoms with Crippen molar-refractivity contribution in [3.63, 3.8) is 0 Å². The first-order chi connectivity index (χ1) is 20.9. The molecule has 1 heterocycles. The molecule has 0 saturated carbocycles. The molecule has 0 bridgehead atoms. The van der Waals surface area contributed by atoms with E-state index in [1.54, 1.807) is 0 Å². The van der Waals surface area contributed by atoms with Crippen molar-refractivity contribution in [3.05, 3.63) is 76.8 Å². The Morgan fingerprint density at radius 2 is 1.26 bits per heavy atom. The molecule has 1 aromatic heterocycles. The monoisotopic (exact) mass is 706 g/mol. The molecule has 254 valence electrons. The Balaban J connectivity index is 0. The molecule has 4 N–H and O–H groups in total. The summed E-state index contributed by atoms with van der Waals surface area (Å²) in [5.41, 5.74) is 8.33. The van der Waals surface area contributed by atoms with Crippen LogP contribution in [0.25, 0.3) is 21.8 Å². The Kier molecular flexibility index (Phi) is 22.3. The molecule has 0 saturated heterocycles. The number of hydrogen-bond acceptors (Lipinski definition) is 12. The molecule has 46 heavy (non-hydrogen) atoms. The third-order valence-electron chi connectivity index (χ3n) is 6.04. The van der Waals surface area contributed by atoms with E-state index in [4.69, 9.17) is 24.4 Å². The van der Waals surface area contributed by atoms with Crippen molar-refractivity contribution < 1.29 is 70.3 Å². The minimum atomic E-state index is -4.94. The number of carbonyl (C=O) groups is 3. The maximum Gasteiger partial charge on any atom is 3.00 e. The standard InChI is InChI=1S/C19H22N4O.2C6H10O2.ClHO4.Co/c20-9-12-21-10-4-11-22-19(24)16-7-3-6-15-13-14-5-1-2-8-17(14)23-18(15)16;2*1-4(5(2)7)6(3)8;2-1(3,4)5;/h1-3,5-8,13,21H,4,9-12,20H2,(H,22,24);2*7H,1-3H3;(H,2,3,4,5);/q;;;;+3/p-3/b;2*5-4-;;. The van der Waals surface area contributed by atoms with E-state index in [0.29, 0.717) is 29.8 Å². The van der Waals surface area contributed by atoms with Gasteiger partial charge in [-0.15, -0.1) is 21.8 Å². The third-order valence-corrected chi connectivity index (χ3v) is 6.04. The van der Waals surface area contributed by atoms with Crippen LogP contribution in [0.15, 0.2) is 71.2 Å². The number of fused-ring (bicyclic) bond motifs is 2. The second kappa shape index (κ2) is 23.0. The molecule has 0 unspecified atom stereocenters. The van der Waals surface area contributed by atoms with Gasteiger partial charge in [0, 0.05) is 30.4 Å². The van der Waals surface area contributed by atoms with Gasteiger partial charge in [0.25, 0.3) is 5.91 Å². The second-order valence-corrected chi connectivity index (χ2v) is 10.3. The molecule has 0 atom stereocenters. The molecule has 3 aromatic rings. The number of hydrogen-bond donors (Lipinski definition) is 3. The van der Waals surface area contributed by atoms with Crippen LogP contribution in [0.3, 0.4) is 0 Å². The van der Waals surface area contributed by atoms with Gasteiger partial charge in [0.1, 0.15) is 0 Å². The van der Waals surface area contributed by atoms with Crippen molar-refractivity contribution in [3.8, 4) is 0 Å². The number of nitrogens with zero attached hydrogens (tertiary/aromatic N) is 1. The number of halogens is 1. The molecule has 3 rings (SSSR count). The predicted molar refractivity (Wildman–Crippen MR) is 156 cm³/mol. The fourth-order valence-corrected chi connectivity index (χ4v) is 3.22. The number of rotatable bonds is 9. The molecule has 0 aliphatic heterocycles. The molecule has 0 spiro atoms. The van der Waals surface area contributed by atoms with E-state index in [1.807, 2.05) is 42.5 Å². The van der Waals surface area contributed by atoms with Crippen molar-refractivity contribution in [2.75, 3.05) is 26.2 Å². The van der Waals surface area contributed by atoms with Gasteiger partial charge in [-0.25, -0.2) is 23.6 Å². The smallest absolute Gasteiger partial charge is 0.875 e. The normalized spacial score (nSPS) is 11.5. The number of Topliss-reactive ketones (excluding diaryl/α,β-unsaturated/α-hetero) is 2. The molecule has 13 nitrogen and oxygen atoms in total. The van der Waals surface area contributed by atoms with E-state index in [1.165, 1.54) is 41.5 Å². The average Bonchev–Trinajstić information content (AvgIpc) is 2.96. The molecule has 0 aliphatic carbocycles. The summed E-state index contributed by atoms with van der Waals surface area (Å²) in [6, 6.07) is 15.7. The first-order valence-electron chi connectivity index (χ1n) is 13.7. The van der Waals surface area contributed by atoms with Crippen LogP contribution in [0, 0.1) is 10.2 Å². The Labute approximate surface area is 281 Å². The van der Waals surface area contributed by atoms with Gasteiger partial charge in [-0.2, -0.15) is 0 Å². The van der Waals surface area contributed by atoms with E-state index >= 15 is 0 Å². The minimum absolute atomic E-state index is 0. The number of ketones is 2. The number of pyridine rings is 1. The van der Waals surface area contributed by atoms with Crippen LogP contribution >= 0.6 is 0 Å². The van der Waals surface area contributed by atoms with Gasteiger partial charge in [0.15, 0.2) is 11.6 Å². The summed E-state index contributed by atoms with van der Waals surface area (Å²) in [6.45, 7) is 11.5. The van der Waals surface area contributed by atoms with Gasteiger partial charge in [-0.3, -0.25) is 14.4 Å². The zero-order chi connectivity index (χ0) is 34.7. The van der Waals surface area contributed by atoms with Crippen molar-refractivity contribution in [2.45, 2.75) is 48.0 Å². The summed E-state index contributed by atoms with van der Waals surface area (Å²) >= 11 is 0. The number of carbonyl (C=O) groups excluding carboxylic acids is 3. The van der Waals surface area contributed by atoms with Crippen LogP contribution in [-0.4, -0.2) is 48.6 Å². The zero-order valence-electron chi connectivity index (χ0n) is 26.6. The largest absolute Gasteiger partial charge is 3.00 e. The molecule has 0 aliphatic rings. The SMILES string of the molecule is CC(=O)/C(C)=C(/C)[O-].CC(=O)/C(C)=C(/C)[O-].NCCNCCCNC(=O)c1cccc2cc3ccccc3nc12.[Co+3].[O-][Cl+3]([O-])([O-])[O-]. The molecule has 0 fully saturated rings. The van der Waals surface area contributed by atoms with Crippen LogP contribution in [-0.2, 0) is 26.4 Å². The predicted octanol–water partition coefficient (Wildman–Crippen LogP) is -2.24. The number of nitrogens with one attached hydrogen (secondary N) is 2. The van der Waals surface area contributed by atoms with Crippen molar-refractivity contribution in [2.24, 2.45) is 5.73 Å². The Bertz CT molecular complexity index is 1440. The second-order valence-electron chi connectivity index (χ2n) is 9.56.